The average molecular weight is 238 g/mol. The van der Waals surface area contributed by atoms with Crippen molar-refractivity contribution >= 4 is 15.7 Å². The molecule has 1 atom stereocenters. The number of sulfone groups is 1. The summed E-state index contributed by atoms with van der Waals surface area (Å²) >= 11 is 0. The molecule has 0 bridgehead atoms. The number of nitrogens with one attached hydrogen (secondary N) is 1. The van der Waals surface area contributed by atoms with Crippen molar-refractivity contribution in [2.75, 3.05) is 32.6 Å². The molecule has 0 aromatic heterocycles. The summed E-state index contributed by atoms with van der Waals surface area (Å²) in [5.41, 5.74) is 5.22. The van der Waals surface area contributed by atoms with Gasteiger partial charge in [0.2, 0.25) is 5.91 Å². The molecule has 0 aliphatic heterocycles. The molecule has 7 heteroatoms. The van der Waals surface area contributed by atoms with E-state index in [4.69, 9.17) is 10.5 Å². The molecule has 90 valence electrons. The summed E-state index contributed by atoms with van der Waals surface area (Å²) < 4.78 is 27.6. The Morgan fingerprint density at radius 2 is 2.13 bits per heavy atom. The first-order chi connectivity index (χ1) is 6.94. The second-order valence-corrected chi connectivity index (χ2v) is 5.62. The Morgan fingerprint density at radius 3 is 2.60 bits per heavy atom. The summed E-state index contributed by atoms with van der Waals surface area (Å²) in [5, 5.41) is 1.75. The highest BCUT2D eigenvalue weighted by atomic mass is 32.2. The van der Waals surface area contributed by atoms with Crippen LogP contribution in [-0.2, 0) is 19.4 Å². The number of rotatable bonds is 7. The number of carbonyl (C=O) groups is 1. The van der Waals surface area contributed by atoms with Crippen LogP contribution in [0.25, 0.3) is 0 Å². The molecule has 0 aromatic rings. The van der Waals surface area contributed by atoms with Crippen molar-refractivity contribution in [1.29, 1.82) is 0 Å². The third-order valence-corrected chi connectivity index (χ3v) is 3.99. The number of amides is 1. The van der Waals surface area contributed by atoms with E-state index in [1.807, 2.05) is 0 Å². The Hall–Kier alpha value is -0.660. The van der Waals surface area contributed by atoms with Gasteiger partial charge in [0.05, 0.1) is 11.9 Å². The zero-order chi connectivity index (χ0) is 11.9. The molecule has 0 saturated carbocycles. The van der Waals surface area contributed by atoms with Crippen molar-refractivity contribution in [2.45, 2.75) is 12.2 Å². The maximum Gasteiger partial charge on any atom is 0.235 e. The van der Waals surface area contributed by atoms with Crippen LogP contribution in [0.5, 0.6) is 0 Å². The second-order valence-electron chi connectivity index (χ2n) is 3.20. The molecule has 0 fully saturated rings. The van der Waals surface area contributed by atoms with Crippen LogP contribution in [0.15, 0.2) is 0 Å². The number of hydrogen-bond donors (Lipinski definition) is 2. The first-order valence-electron chi connectivity index (χ1n) is 4.61. The van der Waals surface area contributed by atoms with Crippen LogP contribution >= 0.6 is 0 Å². The van der Waals surface area contributed by atoms with E-state index in [9.17, 15) is 13.2 Å². The van der Waals surface area contributed by atoms with Crippen LogP contribution in [0, 0.1) is 0 Å². The van der Waals surface area contributed by atoms with Crippen LogP contribution in [0.2, 0.25) is 0 Å². The minimum absolute atomic E-state index is 0.0215. The highest BCUT2D eigenvalue weighted by Gasteiger charge is 2.22. The van der Waals surface area contributed by atoms with E-state index in [-0.39, 0.29) is 6.54 Å². The molecule has 6 nitrogen and oxygen atoms in total. The fourth-order valence-electron chi connectivity index (χ4n) is 0.815. The normalized spacial score (nSPS) is 13.5. The summed E-state index contributed by atoms with van der Waals surface area (Å²) in [5.74, 6) is -1.04. The average Bonchev–Trinajstić information content (AvgIpc) is 2.16. The van der Waals surface area contributed by atoms with Gasteiger partial charge in [0.1, 0.15) is 5.75 Å². The summed E-state index contributed by atoms with van der Waals surface area (Å²) in [6, 6.07) is 0. The predicted octanol–water partition coefficient (Wildman–Crippen LogP) is -1.49. The number of ether oxygens (including phenoxy) is 1. The van der Waals surface area contributed by atoms with Crippen molar-refractivity contribution in [2.24, 2.45) is 5.73 Å². The zero-order valence-electron chi connectivity index (χ0n) is 9.02. The van der Waals surface area contributed by atoms with Crippen LogP contribution in [0.1, 0.15) is 6.92 Å². The van der Waals surface area contributed by atoms with Gasteiger partial charge in [-0.15, -0.1) is 0 Å². The smallest absolute Gasteiger partial charge is 0.235 e. The van der Waals surface area contributed by atoms with E-state index in [0.29, 0.717) is 13.2 Å². The monoisotopic (exact) mass is 238 g/mol. The maximum atomic E-state index is 11.4. The third-order valence-electron chi connectivity index (χ3n) is 1.91. The van der Waals surface area contributed by atoms with Crippen molar-refractivity contribution < 1.29 is 17.9 Å². The molecule has 0 aliphatic rings. The minimum atomic E-state index is -3.42. The molecule has 0 aromatic carbocycles. The Morgan fingerprint density at radius 1 is 1.53 bits per heavy atom. The molecular formula is C8H18N2O4S. The topological polar surface area (TPSA) is 98.5 Å². The van der Waals surface area contributed by atoms with E-state index in [2.05, 4.69) is 5.32 Å². The lowest BCUT2D eigenvalue weighted by molar-refractivity contribution is -0.118. The molecular weight excluding hydrogens is 220 g/mol. The van der Waals surface area contributed by atoms with Gasteiger partial charge in [-0.1, -0.05) is 0 Å². The third kappa shape index (κ3) is 5.71. The summed E-state index contributed by atoms with van der Waals surface area (Å²) in [6.07, 6.45) is 0. The fourth-order valence-corrected chi connectivity index (χ4v) is 1.86. The molecule has 0 rings (SSSR count). The summed E-state index contributed by atoms with van der Waals surface area (Å²) in [4.78, 5) is 11.2. The zero-order valence-corrected chi connectivity index (χ0v) is 9.84. The molecule has 0 saturated heterocycles. The number of carbonyl (C=O) groups excluding carboxylic acids is 1. The van der Waals surface area contributed by atoms with Crippen LogP contribution in [0.4, 0.5) is 0 Å². The first kappa shape index (κ1) is 14.3. The number of nitrogens with two attached hydrogens (primary N) is 1. The second kappa shape index (κ2) is 6.76. The summed E-state index contributed by atoms with van der Waals surface area (Å²) in [7, 11) is -1.93. The largest absolute Gasteiger partial charge is 0.383 e. The standard InChI is InChI=1S/C8H18N2O4S/c1-7(5-9)15(12,13)6-8(11)10-3-4-14-2/h7H,3-6,9H2,1-2H3,(H,10,11). The molecule has 15 heavy (non-hydrogen) atoms. The predicted molar refractivity (Wildman–Crippen MR) is 57.2 cm³/mol. The molecule has 3 N–H and O–H groups in total. The lowest BCUT2D eigenvalue weighted by Gasteiger charge is -2.10. The van der Waals surface area contributed by atoms with Gasteiger partial charge < -0.3 is 15.8 Å². The highest BCUT2D eigenvalue weighted by molar-refractivity contribution is 7.92. The van der Waals surface area contributed by atoms with E-state index in [1.54, 1.807) is 0 Å². The Kier molecular flexibility index (Phi) is 6.46. The van der Waals surface area contributed by atoms with Gasteiger partial charge in [-0.05, 0) is 6.92 Å². The van der Waals surface area contributed by atoms with Gasteiger partial charge in [-0.2, -0.15) is 0 Å². The SMILES string of the molecule is COCCNC(=O)CS(=O)(=O)C(C)CN. The van der Waals surface area contributed by atoms with Gasteiger partial charge in [0.25, 0.3) is 0 Å². The molecule has 0 radical (unpaired) electrons. The first-order valence-corrected chi connectivity index (χ1v) is 6.33. The molecule has 0 spiro atoms. The number of methoxy groups -OCH3 is 1. The van der Waals surface area contributed by atoms with Crippen molar-refractivity contribution in [3.05, 3.63) is 0 Å². The van der Waals surface area contributed by atoms with E-state index < -0.39 is 26.7 Å². The Bertz CT molecular complexity index is 289. The lowest BCUT2D eigenvalue weighted by Crippen LogP contribution is -2.37. The highest BCUT2D eigenvalue weighted by Crippen LogP contribution is 1.99. The van der Waals surface area contributed by atoms with Crippen LogP contribution < -0.4 is 11.1 Å². The quantitative estimate of drug-likeness (QED) is 0.527. The van der Waals surface area contributed by atoms with Crippen molar-refractivity contribution in [1.82, 2.24) is 5.32 Å². The Labute approximate surface area is 90.1 Å². The summed E-state index contributed by atoms with van der Waals surface area (Å²) in [6.45, 7) is 2.17. The molecule has 0 heterocycles. The van der Waals surface area contributed by atoms with Gasteiger partial charge in [-0.25, -0.2) is 8.42 Å². The van der Waals surface area contributed by atoms with Crippen LogP contribution in [-0.4, -0.2) is 52.1 Å². The van der Waals surface area contributed by atoms with E-state index in [0.717, 1.165) is 0 Å². The van der Waals surface area contributed by atoms with Gasteiger partial charge in [-0.3, -0.25) is 4.79 Å². The Balaban J connectivity index is 4.06. The van der Waals surface area contributed by atoms with Crippen molar-refractivity contribution in [3.8, 4) is 0 Å². The van der Waals surface area contributed by atoms with Crippen LogP contribution in [0.3, 0.4) is 0 Å². The van der Waals surface area contributed by atoms with Gasteiger partial charge in [0.15, 0.2) is 9.84 Å². The molecule has 1 unspecified atom stereocenters. The lowest BCUT2D eigenvalue weighted by atomic mass is 10.5. The maximum absolute atomic E-state index is 11.4. The van der Waals surface area contributed by atoms with E-state index in [1.165, 1.54) is 14.0 Å². The minimum Gasteiger partial charge on any atom is -0.383 e. The van der Waals surface area contributed by atoms with Gasteiger partial charge in [0, 0.05) is 20.2 Å². The fraction of sp³-hybridized carbons (Fsp3) is 0.875. The molecule has 1 amide bonds. The number of hydrogen-bond acceptors (Lipinski definition) is 5. The van der Waals surface area contributed by atoms with Crippen molar-refractivity contribution in [3.63, 3.8) is 0 Å². The molecule has 0 aliphatic carbocycles. The van der Waals surface area contributed by atoms with E-state index >= 15 is 0 Å². The van der Waals surface area contributed by atoms with Gasteiger partial charge >= 0.3 is 0 Å².